The molecule has 3 aromatic rings. The van der Waals surface area contributed by atoms with Gasteiger partial charge in [0.25, 0.3) is 5.91 Å². The minimum absolute atomic E-state index is 0.257. The van der Waals surface area contributed by atoms with Gasteiger partial charge in [0.2, 0.25) is 0 Å². The van der Waals surface area contributed by atoms with Gasteiger partial charge in [0.05, 0.1) is 28.9 Å². The number of methoxy groups -OCH3 is 1. The summed E-state index contributed by atoms with van der Waals surface area (Å²) in [6, 6.07) is 12.7. The van der Waals surface area contributed by atoms with Gasteiger partial charge in [-0.3, -0.25) is 4.79 Å². The van der Waals surface area contributed by atoms with Gasteiger partial charge in [0.1, 0.15) is 12.4 Å². The third-order valence-corrected chi connectivity index (χ3v) is 4.85. The van der Waals surface area contributed by atoms with Crippen molar-refractivity contribution in [2.24, 2.45) is 0 Å². The number of benzene rings is 2. The summed E-state index contributed by atoms with van der Waals surface area (Å²) in [7, 11) is 1.27. The van der Waals surface area contributed by atoms with E-state index in [1.165, 1.54) is 24.5 Å². The Morgan fingerprint density at radius 2 is 1.77 bits per heavy atom. The average molecular weight is 440 g/mol. The number of nitrogens with zero attached hydrogens (tertiary/aromatic N) is 1. The summed E-state index contributed by atoms with van der Waals surface area (Å²) in [5.41, 5.74) is 1.74. The number of ether oxygens (including phenoxy) is 3. The molecular weight excluding hydrogens is 420 g/mol. The van der Waals surface area contributed by atoms with Crippen LogP contribution in [0, 0.1) is 6.92 Å². The van der Waals surface area contributed by atoms with Gasteiger partial charge in [-0.1, -0.05) is 12.1 Å². The molecule has 1 N–H and O–H groups in total. The maximum Gasteiger partial charge on any atom is 0.338 e. The van der Waals surface area contributed by atoms with E-state index in [0.717, 1.165) is 10.7 Å². The van der Waals surface area contributed by atoms with Crippen molar-refractivity contribution in [3.63, 3.8) is 0 Å². The van der Waals surface area contributed by atoms with E-state index in [4.69, 9.17) is 9.47 Å². The molecule has 1 heterocycles. The monoisotopic (exact) mass is 440 g/mol. The average Bonchev–Trinajstić information content (AvgIpc) is 3.21. The van der Waals surface area contributed by atoms with Crippen molar-refractivity contribution in [3.05, 3.63) is 75.7 Å². The second-order valence-electron chi connectivity index (χ2n) is 6.37. The number of nitrogens with one attached hydrogen (secondary N) is 1. The van der Waals surface area contributed by atoms with Gasteiger partial charge in [0, 0.05) is 11.1 Å². The SMILES string of the molecule is COC(=O)c1cccc(NC(=O)COC(=O)c2cccc(OCc3csc(C)n3)c2)c1. The molecule has 0 spiro atoms. The maximum absolute atomic E-state index is 12.3. The Bertz CT molecular complexity index is 1090. The fraction of sp³-hybridized carbons (Fsp3) is 0.182. The van der Waals surface area contributed by atoms with E-state index in [9.17, 15) is 14.4 Å². The van der Waals surface area contributed by atoms with Crippen molar-refractivity contribution in [2.75, 3.05) is 19.0 Å². The number of hydrogen-bond acceptors (Lipinski definition) is 8. The number of aromatic nitrogens is 1. The third-order valence-electron chi connectivity index (χ3n) is 4.02. The number of thiazole rings is 1. The summed E-state index contributed by atoms with van der Waals surface area (Å²) in [6.07, 6.45) is 0. The van der Waals surface area contributed by atoms with Crippen molar-refractivity contribution >= 4 is 34.9 Å². The van der Waals surface area contributed by atoms with Crippen molar-refractivity contribution in [2.45, 2.75) is 13.5 Å². The lowest BCUT2D eigenvalue weighted by Gasteiger charge is -2.09. The zero-order chi connectivity index (χ0) is 22.2. The number of amides is 1. The fourth-order valence-corrected chi connectivity index (χ4v) is 3.20. The molecule has 160 valence electrons. The second kappa shape index (κ2) is 10.4. The molecule has 1 amide bonds. The Kier molecular flexibility index (Phi) is 7.34. The highest BCUT2D eigenvalue weighted by molar-refractivity contribution is 7.09. The second-order valence-corrected chi connectivity index (χ2v) is 7.43. The molecule has 0 atom stereocenters. The maximum atomic E-state index is 12.3. The molecule has 0 saturated carbocycles. The van der Waals surface area contributed by atoms with Crippen molar-refractivity contribution in [3.8, 4) is 5.75 Å². The molecule has 9 heteroatoms. The first-order valence-electron chi connectivity index (χ1n) is 9.24. The van der Waals surface area contributed by atoms with Crippen LogP contribution >= 0.6 is 11.3 Å². The summed E-state index contributed by atoms with van der Waals surface area (Å²) >= 11 is 1.53. The fourth-order valence-electron chi connectivity index (χ4n) is 2.60. The van der Waals surface area contributed by atoms with Crippen LogP contribution in [0.2, 0.25) is 0 Å². The summed E-state index contributed by atoms with van der Waals surface area (Å²) < 4.78 is 15.4. The van der Waals surface area contributed by atoms with Crippen LogP contribution in [0.25, 0.3) is 0 Å². The minimum Gasteiger partial charge on any atom is -0.487 e. The molecule has 0 aliphatic rings. The lowest BCUT2D eigenvalue weighted by molar-refractivity contribution is -0.119. The van der Waals surface area contributed by atoms with Crippen LogP contribution in [0.15, 0.2) is 53.9 Å². The largest absolute Gasteiger partial charge is 0.487 e. The zero-order valence-electron chi connectivity index (χ0n) is 16.9. The molecular formula is C22H20N2O6S. The number of carbonyl (C=O) groups is 3. The summed E-state index contributed by atoms with van der Waals surface area (Å²) in [6.45, 7) is 1.72. The lowest BCUT2D eigenvalue weighted by Crippen LogP contribution is -2.21. The number of hydrogen-bond donors (Lipinski definition) is 1. The number of anilines is 1. The summed E-state index contributed by atoms with van der Waals surface area (Å²) in [4.78, 5) is 40.3. The van der Waals surface area contributed by atoms with Gasteiger partial charge in [-0.05, 0) is 43.3 Å². The molecule has 0 saturated heterocycles. The van der Waals surface area contributed by atoms with E-state index < -0.39 is 24.5 Å². The standard InChI is InChI=1S/C22H20N2O6S/c1-14-23-18(13-31-14)11-29-19-8-4-6-16(10-19)22(27)30-12-20(25)24-17-7-3-5-15(9-17)21(26)28-2/h3-10,13H,11-12H2,1-2H3,(H,24,25). The molecule has 0 radical (unpaired) electrons. The molecule has 8 nitrogen and oxygen atoms in total. The Morgan fingerprint density at radius 3 is 2.48 bits per heavy atom. The molecule has 1 aromatic heterocycles. The van der Waals surface area contributed by atoms with Crippen molar-refractivity contribution in [1.29, 1.82) is 0 Å². The van der Waals surface area contributed by atoms with Gasteiger partial charge < -0.3 is 19.5 Å². The lowest BCUT2D eigenvalue weighted by atomic mass is 10.2. The van der Waals surface area contributed by atoms with Crippen LogP contribution in [0.3, 0.4) is 0 Å². The van der Waals surface area contributed by atoms with Crippen LogP contribution in [0.1, 0.15) is 31.4 Å². The van der Waals surface area contributed by atoms with Gasteiger partial charge in [-0.25, -0.2) is 14.6 Å². The highest BCUT2D eigenvalue weighted by Crippen LogP contribution is 2.17. The third kappa shape index (κ3) is 6.38. The van der Waals surface area contributed by atoms with E-state index in [-0.39, 0.29) is 12.2 Å². The first-order chi connectivity index (χ1) is 14.9. The van der Waals surface area contributed by atoms with Crippen LogP contribution in [-0.2, 0) is 20.9 Å². The summed E-state index contributed by atoms with van der Waals surface area (Å²) in [5.74, 6) is -1.23. The molecule has 0 bridgehead atoms. The first-order valence-corrected chi connectivity index (χ1v) is 10.1. The van der Waals surface area contributed by atoms with E-state index in [2.05, 4.69) is 15.0 Å². The Balaban J connectivity index is 1.52. The molecule has 0 aliphatic heterocycles. The molecule has 0 unspecified atom stereocenters. The molecule has 3 rings (SSSR count). The molecule has 31 heavy (non-hydrogen) atoms. The highest BCUT2D eigenvalue weighted by Gasteiger charge is 2.13. The van der Waals surface area contributed by atoms with Crippen LogP contribution in [-0.4, -0.2) is 36.5 Å². The predicted molar refractivity (Wildman–Crippen MR) is 114 cm³/mol. The Morgan fingerprint density at radius 1 is 1.03 bits per heavy atom. The van der Waals surface area contributed by atoms with Gasteiger partial charge in [0.15, 0.2) is 6.61 Å². The normalized spacial score (nSPS) is 10.3. The van der Waals surface area contributed by atoms with Crippen molar-refractivity contribution < 1.29 is 28.6 Å². The number of esters is 2. The van der Waals surface area contributed by atoms with Crippen molar-refractivity contribution in [1.82, 2.24) is 4.98 Å². The smallest absolute Gasteiger partial charge is 0.338 e. The van der Waals surface area contributed by atoms with E-state index in [0.29, 0.717) is 17.0 Å². The molecule has 0 aliphatic carbocycles. The topological polar surface area (TPSA) is 104 Å². The summed E-state index contributed by atoms with van der Waals surface area (Å²) in [5, 5.41) is 5.43. The van der Waals surface area contributed by atoms with Crippen LogP contribution in [0.5, 0.6) is 5.75 Å². The predicted octanol–water partition coefficient (Wildman–Crippen LogP) is 3.61. The highest BCUT2D eigenvalue weighted by atomic mass is 32.1. The first kappa shape index (κ1) is 22.0. The van der Waals surface area contributed by atoms with Gasteiger partial charge >= 0.3 is 11.9 Å². The minimum atomic E-state index is -0.659. The van der Waals surface area contributed by atoms with Gasteiger partial charge in [-0.15, -0.1) is 11.3 Å². The van der Waals surface area contributed by atoms with Crippen LogP contribution < -0.4 is 10.1 Å². The molecule has 2 aromatic carbocycles. The zero-order valence-corrected chi connectivity index (χ0v) is 17.7. The number of carbonyl (C=O) groups excluding carboxylic acids is 3. The molecule has 0 fully saturated rings. The van der Waals surface area contributed by atoms with Gasteiger partial charge in [-0.2, -0.15) is 0 Å². The van der Waals surface area contributed by atoms with E-state index in [1.54, 1.807) is 42.5 Å². The van der Waals surface area contributed by atoms with Crippen LogP contribution in [0.4, 0.5) is 5.69 Å². The van der Waals surface area contributed by atoms with E-state index in [1.807, 2.05) is 12.3 Å². The number of rotatable bonds is 8. The number of aryl methyl sites for hydroxylation is 1. The Hall–Kier alpha value is -3.72. The van der Waals surface area contributed by atoms with E-state index >= 15 is 0 Å². The Labute approximate surface area is 182 Å². The quantitative estimate of drug-likeness (QED) is 0.534.